The third kappa shape index (κ3) is 7.34. The average molecular weight is 387 g/mol. The molecule has 4 aromatic carbocycles. The number of phenols is 2. The normalized spacial score (nSPS) is 9.83. The van der Waals surface area contributed by atoms with Gasteiger partial charge in [-0.05, 0) is 63.1 Å². The van der Waals surface area contributed by atoms with Crippen molar-refractivity contribution in [2.75, 3.05) is 0 Å². The van der Waals surface area contributed by atoms with Gasteiger partial charge < -0.3 is 10.2 Å². The van der Waals surface area contributed by atoms with E-state index in [4.69, 9.17) is 10.2 Å². The molecule has 0 unspecified atom stereocenters. The zero-order valence-electron chi connectivity index (χ0n) is 17.9. The van der Waals surface area contributed by atoms with Gasteiger partial charge in [0, 0.05) is 0 Å². The lowest BCUT2D eigenvalue weighted by Crippen LogP contribution is -1.76. The summed E-state index contributed by atoms with van der Waals surface area (Å²) in [4.78, 5) is 0. The summed E-state index contributed by atoms with van der Waals surface area (Å²) in [6.45, 7) is 10.3. The third-order valence-electron chi connectivity index (χ3n) is 4.50. The predicted octanol–water partition coefficient (Wildman–Crippen LogP) is 7.17. The Morgan fingerprint density at radius 2 is 0.724 bits per heavy atom. The molecule has 0 aliphatic carbocycles. The Morgan fingerprint density at radius 1 is 0.379 bits per heavy atom. The highest BCUT2D eigenvalue weighted by molar-refractivity contribution is 5.83. The van der Waals surface area contributed by atoms with Crippen LogP contribution in [-0.2, 0) is 0 Å². The van der Waals surface area contributed by atoms with E-state index in [1.807, 2.05) is 6.92 Å². The second kappa shape index (κ2) is 10.3. The van der Waals surface area contributed by atoms with Gasteiger partial charge in [-0.25, -0.2) is 0 Å². The van der Waals surface area contributed by atoms with Gasteiger partial charge in [-0.1, -0.05) is 89.0 Å². The second-order valence-electron chi connectivity index (χ2n) is 7.50. The topological polar surface area (TPSA) is 40.5 Å². The Kier molecular flexibility index (Phi) is 7.85. The minimum absolute atomic E-state index is 0.0602. The van der Waals surface area contributed by atoms with Crippen LogP contribution in [0.1, 0.15) is 27.8 Å². The predicted molar refractivity (Wildman–Crippen MR) is 124 cm³/mol. The van der Waals surface area contributed by atoms with Gasteiger partial charge in [-0.2, -0.15) is 0 Å². The molecule has 0 spiro atoms. The molecule has 0 fully saturated rings. The van der Waals surface area contributed by atoms with E-state index in [2.05, 4.69) is 88.4 Å². The van der Waals surface area contributed by atoms with Gasteiger partial charge in [0.25, 0.3) is 0 Å². The molecular weight excluding hydrogens is 356 g/mol. The summed E-state index contributed by atoms with van der Waals surface area (Å²) >= 11 is 0. The van der Waals surface area contributed by atoms with Crippen LogP contribution in [0.4, 0.5) is 0 Å². The lowest BCUT2D eigenvalue weighted by Gasteiger charge is -1.99. The summed E-state index contributed by atoms with van der Waals surface area (Å²) < 4.78 is 0. The lowest BCUT2D eigenvalue weighted by atomic mass is 10.1. The largest absolute Gasteiger partial charge is 0.504 e. The van der Waals surface area contributed by atoms with Crippen LogP contribution in [0.25, 0.3) is 10.8 Å². The molecule has 4 aromatic rings. The highest BCUT2D eigenvalue weighted by Gasteiger charge is 1.95. The minimum Gasteiger partial charge on any atom is -0.504 e. The number of fused-ring (bicyclic) bond motifs is 1. The molecule has 0 aliphatic heterocycles. The van der Waals surface area contributed by atoms with Crippen LogP contribution in [-0.4, -0.2) is 10.2 Å². The quantitative estimate of drug-likeness (QED) is 0.315. The number of hydrogen-bond acceptors (Lipinski definition) is 2. The van der Waals surface area contributed by atoms with Crippen LogP contribution in [0.3, 0.4) is 0 Å². The van der Waals surface area contributed by atoms with E-state index in [0.717, 1.165) is 5.56 Å². The van der Waals surface area contributed by atoms with Gasteiger partial charge in [-0.3, -0.25) is 0 Å². The fourth-order valence-corrected chi connectivity index (χ4v) is 2.75. The molecule has 0 aliphatic rings. The first-order valence-electron chi connectivity index (χ1n) is 9.73. The van der Waals surface area contributed by atoms with Crippen LogP contribution < -0.4 is 0 Å². The van der Waals surface area contributed by atoms with Crippen LogP contribution in [0.15, 0.2) is 78.9 Å². The van der Waals surface area contributed by atoms with Crippen LogP contribution in [0.5, 0.6) is 11.5 Å². The number of phenolic OH excluding ortho intramolecular Hbond substituents is 2. The Bertz CT molecular complexity index is 1000. The van der Waals surface area contributed by atoms with E-state index in [1.54, 1.807) is 6.07 Å². The molecule has 0 saturated carbocycles. The van der Waals surface area contributed by atoms with E-state index >= 15 is 0 Å². The number of hydrogen-bond donors (Lipinski definition) is 2. The van der Waals surface area contributed by atoms with Gasteiger partial charge in [0.1, 0.15) is 0 Å². The smallest absolute Gasteiger partial charge is 0.157 e. The molecule has 0 aromatic heterocycles. The fourth-order valence-electron chi connectivity index (χ4n) is 2.75. The maximum atomic E-state index is 8.85. The third-order valence-corrected chi connectivity index (χ3v) is 4.50. The van der Waals surface area contributed by atoms with Crippen molar-refractivity contribution in [2.45, 2.75) is 34.6 Å². The molecule has 2 nitrogen and oxygen atoms in total. The van der Waals surface area contributed by atoms with Gasteiger partial charge in [0.05, 0.1) is 0 Å². The molecule has 0 amide bonds. The van der Waals surface area contributed by atoms with Gasteiger partial charge in [0.2, 0.25) is 0 Å². The molecule has 29 heavy (non-hydrogen) atoms. The highest BCUT2D eigenvalue weighted by Crippen LogP contribution is 2.24. The molecule has 0 saturated heterocycles. The number of aryl methyl sites for hydroxylation is 5. The number of aromatic hydroxyl groups is 2. The Hall–Kier alpha value is -3.26. The van der Waals surface area contributed by atoms with Crippen molar-refractivity contribution >= 4 is 10.8 Å². The van der Waals surface area contributed by atoms with Gasteiger partial charge >= 0.3 is 0 Å². The van der Waals surface area contributed by atoms with Crippen molar-refractivity contribution in [3.05, 3.63) is 107 Å². The van der Waals surface area contributed by atoms with Gasteiger partial charge in [-0.15, -0.1) is 0 Å². The summed E-state index contributed by atoms with van der Waals surface area (Å²) in [5.74, 6) is -0.129. The van der Waals surface area contributed by atoms with Crippen molar-refractivity contribution in [3.8, 4) is 11.5 Å². The van der Waals surface area contributed by atoms with Crippen LogP contribution >= 0.6 is 0 Å². The Labute approximate surface area is 174 Å². The molecule has 0 bridgehead atoms. The molecule has 0 radical (unpaired) electrons. The maximum Gasteiger partial charge on any atom is 0.157 e. The van der Waals surface area contributed by atoms with Crippen LogP contribution in [0, 0.1) is 34.6 Å². The fraction of sp³-hybridized carbons (Fsp3) is 0.185. The van der Waals surface area contributed by atoms with E-state index in [-0.39, 0.29) is 11.5 Å². The zero-order chi connectivity index (χ0) is 21.4. The van der Waals surface area contributed by atoms with Crippen molar-refractivity contribution in [1.82, 2.24) is 0 Å². The van der Waals surface area contributed by atoms with E-state index in [0.29, 0.717) is 0 Å². The van der Waals surface area contributed by atoms with Crippen molar-refractivity contribution in [1.29, 1.82) is 0 Å². The van der Waals surface area contributed by atoms with Crippen molar-refractivity contribution in [2.24, 2.45) is 0 Å². The second-order valence-corrected chi connectivity index (χ2v) is 7.50. The van der Waals surface area contributed by atoms with Crippen molar-refractivity contribution in [3.63, 3.8) is 0 Å². The zero-order valence-corrected chi connectivity index (χ0v) is 17.9. The molecule has 150 valence electrons. The SMILES string of the molecule is Cc1ccc(C)cc1.Cc1ccc(O)c(O)c1.Cc1ccc2cc(C)ccc2c1. The maximum absolute atomic E-state index is 8.85. The number of rotatable bonds is 0. The standard InChI is InChI=1S/C12H12.C8H10.C7H8O2/c1-9-3-5-12-8-10(2)4-6-11(12)7-9;1-7-3-5-8(2)6-4-7;1-5-2-3-6(8)7(9)4-5/h3-8H,1-2H3;3-6H,1-2H3;2-4,8-9H,1H3. The summed E-state index contributed by atoms with van der Waals surface area (Å²) in [5.41, 5.74) is 6.24. The average Bonchev–Trinajstić information content (AvgIpc) is 2.68. The van der Waals surface area contributed by atoms with Gasteiger partial charge in [0.15, 0.2) is 11.5 Å². The highest BCUT2D eigenvalue weighted by atomic mass is 16.3. The Morgan fingerprint density at radius 3 is 1.10 bits per heavy atom. The van der Waals surface area contributed by atoms with E-state index in [9.17, 15) is 0 Å². The van der Waals surface area contributed by atoms with Crippen LogP contribution in [0.2, 0.25) is 0 Å². The molecule has 0 heterocycles. The summed E-state index contributed by atoms with van der Waals surface area (Å²) in [6.07, 6.45) is 0. The van der Waals surface area contributed by atoms with E-state index in [1.165, 1.54) is 45.2 Å². The summed E-state index contributed by atoms with van der Waals surface area (Å²) in [5, 5.41) is 20.3. The first-order chi connectivity index (χ1) is 13.7. The molecule has 4 rings (SSSR count). The molecule has 2 N–H and O–H groups in total. The first-order valence-corrected chi connectivity index (χ1v) is 9.73. The summed E-state index contributed by atoms with van der Waals surface area (Å²) in [7, 11) is 0. The number of benzene rings is 4. The minimum atomic E-state index is -0.0689. The molecule has 2 heteroatoms. The Balaban J connectivity index is 0.000000160. The van der Waals surface area contributed by atoms with E-state index < -0.39 is 0 Å². The summed E-state index contributed by atoms with van der Waals surface area (Å²) in [6, 6.07) is 26.3. The first kappa shape index (κ1) is 22.0. The molecular formula is C27H30O2. The monoisotopic (exact) mass is 386 g/mol. The molecule has 0 atom stereocenters. The van der Waals surface area contributed by atoms with Crippen molar-refractivity contribution < 1.29 is 10.2 Å². The lowest BCUT2D eigenvalue weighted by molar-refractivity contribution is 0.403.